The number of ether oxygens (including phenoxy) is 1. The van der Waals surface area contributed by atoms with Crippen LogP contribution in [0.25, 0.3) is 0 Å². The fourth-order valence-corrected chi connectivity index (χ4v) is 3.11. The number of nitrogens with one attached hydrogen (secondary N) is 1. The van der Waals surface area contributed by atoms with Gasteiger partial charge in [-0.3, -0.25) is 9.48 Å². The summed E-state index contributed by atoms with van der Waals surface area (Å²) in [5, 5.41) is 7.79. The molecule has 156 valence electrons. The molecule has 31 heavy (non-hydrogen) atoms. The van der Waals surface area contributed by atoms with Gasteiger partial charge in [-0.1, -0.05) is 35.9 Å². The first kappa shape index (κ1) is 20.6. The molecule has 0 spiro atoms. The average molecular weight is 436 g/mol. The Morgan fingerprint density at radius 2 is 1.77 bits per heavy atom. The minimum absolute atomic E-state index is 0.264. The van der Waals surface area contributed by atoms with Crippen molar-refractivity contribution < 1.29 is 13.9 Å². The van der Waals surface area contributed by atoms with E-state index in [9.17, 15) is 9.18 Å². The van der Waals surface area contributed by atoms with Gasteiger partial charge in [0.1, 0.15) is 18.2 Å². The first-order valence-corrected chi connectivity index (χ1v) is 9.99. The number of hydrogen-bond donors (Lipinski definition) is 1. The van der Waals surface area contributed by atoms with Crippen LogP contribution in [0.2, 0.25) is 5.02 Å². The fraction of sp³-hybridized carbons (Fsp3) is 0.0833. The molecular formula is C24H19ClFN3O2. The molecule has 0 aliphatic heterocycles. The number of anilines is 1. The molecule has 0 bridgehead atoms. The molecule has 0 atom stereocenters. The van der Waals surface area contributed by atoms with Crippen LogP contribution in [0.4, 0.5) is 10.2 Å². The van der Waals surface area contributed by atoms with Crippen molar-refractivity contribution in [2.24, 2.45) is 0 Å². The maximum Gasteiger partial charge on any atom is 0.256 e. The standard InChI is InChI=1S/C24H19ClFN3O2/c25-20-6-10-22(11-7-20)31-16-18-2-1-3-19(14-18)24(30)27-23-12-13-29(28-23)15-17-4-8-21(26)9-5-17/h1-14H,15-16H2,(H,27,28,30). The van der Waals surface area contributed by atoms with Crippen LogP contribution in [0.5, 0.6) is 5.75 Å². The van der Waals surface area contributed by atoms with Crippen LogP contribution < -0.4 is 10.1 Å². The molecule has 1 heterocycles. The third-order valence-corrected chi connectivity index (χ3v) is 4.80. The van der Waals surface area contributed by atoms with Crippen LogP contribution >= 0.6 is 11.6 Å². The van der Waals surface area contributed by atoms with Gasteiger partial charge < -0.3 is 10.1 Å². The lowest BCUT2D eigenvalue weighted by Gasteiger charge is -2.08. The Morgan fingerprint density at radius 3 is 2.55 bits per heavy atom. The minimum Gasteiger partial charge on any atom is -0.489 e. The zero-order chi connectivity index (χ0) is 21.6. The lowest BCUT2D eigenvalue weighted by molar-refractivity contribution is 0.102. The molecule has 1 N–H and O–H groups in total. The van der Waals surface area contributed by atoms with Gasteiger partial charge in [0, 0.05) is 22.8 Å². The van der Waals surface area contributed by atoms with E-state index in [4.69, 9.17) is 16.3 Å². The number of aromatic nitrogens is 2. The van der Waals surface area contributed by atoms with Gasteiger partial charge in [-0.25, -0.2) is 4.39 Å². The van der Waals surface area contributed by atoms with Crippen molar-refractivity contribution in [1.29, 1.82) is 0 Å². The Hall–Kier alpha value is -3.64. The third-order valence-electron chi connectivity index (χ3n) is 4.55. The molecule has 0 fully saturated rings. The van der Waals surface area contributed by atoms with E-state index >= 15 is 0 Å². The number of rotatable bonds is 7. The highest BCUT2D eigenvalue weighted by molar-refractivity contribution is 6.30. The lowest BCUT2D eigenvalue weighted by atomic mass is 10.1. The van der Waals surface area contributed by atoms with Crippen molar-refractivity contribution in [2.75, 3.05) is 5.32 Å². The molecule has 5 nitrogen and oxygen atoms in total. The van der Waals surface area contributed by atoms with E-state index in [0.717, 1.165) is 11.1 Å². The second-order valence-corrected chi connectivity index (χ2v) is 7.36. The highest BCUT2D eigenvalue weighted by Crippen LogP contribution is 2.17. The van der Waals surface area contributed by atoms with Crippen LogP contribution in [0, 0.1) is 5.82 Å². The monoisotopic (exact) mass is 435 g/mol. The molecule has 0 aliphatic carbocycles. The van der Waals surface area contributed by atoms with Gasteiger partial charge in [-0.2, -0.15) is 5.10 Å². The maximum atomic E-state index is 13.0. The maximum absolute atomic E-state index is 13.0. The number of amides is 1. The van der Waals surface area contributed by atoms with Gasteiger partial charge in [0.05, 0.1) is 6.54 Å². The largest absolute Gasteiger partial charge is 0.489 e. The number of nitrogens with zero attached hydrogens (tertiary/aromatic N) is 2. The van der Waals surface area contributed by atoms with Gasteiger partial charge >= 0.3 is 0 Å². The summed E-state index contributed by atoms with van der Waals surface area (Å²) in [6, 6.07) is 22.3. The van der Waals surface area contributed by atoms with Crippen molar-refractivity contribution in [1.82, 2.24) is 9.78 Å². The minimum atomic E-state index is -0.280. The Bertz CT molecular complexity index is 1170. The second kappa shape index (κ2) is 9.45. The Kier molecular flexibility index (Phi) is 6.29. The second-order valence-electron chi connectivity index (χ2n) is 6.92. The number of carbonyl (C=O) groups is 1. The molecule has 7 heteroatoms. The van der Waals surface area contributed by atoms with Crippen LogP contribution in [0.1, 0.15) is 21.5 Å². The molecule has 0 saturated heterocycles. The molecule has 1 aromatic heterocycles. The van der Waals surface area contributed by atoms with Gasteiger partial charge in [0.25, 0.3) is 5.91 Å². The van der Waals surface area contributed by atoms with Crippen LogP contribution in [-0.4, -0.2) is 15.7 Å². The fourth-order valence-electron chi connectivity index (χ4n) is 2.98. The van der Waals surface area contributed by atoms with Crippen LogP contribution in [0.15, 0.2) is 85.1 Å². The summed E-state index contributed by atoms with van der Waals surface area (Å²) in [4.78, 5) is 12.6. The van der Waals surface area contributed by atoms with E-state index < -0.39 is 0 Å². The molecule has 4 aromatic rings. The van der Waals surface area contributed by atoms with Crippen molar-refractivity contribution >= 4 is 23.3 Å². The quantitative estimate of drug-likeness (QED) is 0.413. The number of hydrogen-bond acceptors (Lipinski definition) is 3. The molecular weight excluding hydrogens is 417 g/mol. The number of carbonyl (C=O) groups excluding carboxylic acids is 1. The summed E-state index contributed by atoms with van der Waals surface area (Å²) in [7, 11) is 0. The molecule has 0 radical (unpaired) electrons. The molecule has 0 aliphatic rings. The van der Waals surface area contributed by atoms with E-state index in [-0.39, 0.29) is 11.7 Å². The topological polar surface area (TPSA) is 56.2 Å². The van der Waals surface area contributed by atoms with Gasteiger partial charge in [-0.05, 0) is 59.7 Å². The zero-order valence-electron chi connectivity index (χ0n) is 16.5. The third kappa shape index (κ3) is 5.71. The molecule has 0 unspecified atom stereocenters. The highest BCUT2D eigenvalue weighted by atomic mass is 35.5. The van der Waals surface area contributed by atoms with Gasteiger partial charge in [0.15, 0.2) is 5.82 Å². The van der Waals surface area contributed by atoms with E-state index in [1.165, 1.54) is 12.1 Å². The van der Waals surface area contributed by atoms with Gasteiger partial charge in [0.2, 0.25) is 0 Å². The summed E-state index contributed by atoms with van der Waals surface area (Å²) in [5.41, 5.74) is 2.28. The average Bonchev–Trinajstić information content (AvgIpc) is 3.22. The number of benzene rings is 3. The predicted octanol–water partition coefficient (Wildman–Crippen LogP) is 5.56. The summed E-state index contributed by atoms with van der Waals surface area (Å²) in [6.45, 7) is 0.808. The van der Waals surface area contributed by atoms with Crippen molar-refractivity contribution in [3.8, 4) is 5.75 Å². The van der Waals surface area contributed by atoms with E-state index in [0.29, 0.717) is 35.3 Å². The van der Waals surface area contributed by atoms with Crippen molar-refractivity contribution in [2.45, 2.75) is 13.2 Å². The van der Waals surface area contributed by atoms with Crippen LogP contribution in [0.3, 0.4) is 0 Å². The summed E-state index contributed by atoms with van der Waals surface area (Å²) >= 11 is 5.88. The SMILES string of the molecule is O=C(Nc1ccn(Cc2ccc(F)cc2)n1)c1cccc(COc2ccc(Cl)cc2)c1. The summed E-state index contributed by atoms with van der Waals surface area (Å²) < 4.78 is 20.4. The first-order valence-electron chi connectivity index (χ1n) is 9.62. The van der Waals surface area contributed by atoms with Gasteiger partial charge in [-0.15, -0.1) is 0 Å². The Labute approximate surface area is 184 Å². The first-order chi connectivity index (χ1) is 15.0. The van der Waals surface area contributed by atoms with E-state index in [1.807, 2.05) is 12.1 Å². The lowest BCUT2D eigenvalue weighted by Crippen LogP contribution is -2.13. The molecule has 0 saturated carbocycles. The van der Waals surface area contributed by atoms with Crippen LogP contribution in [-0.2, 0) is 13.2 Å². The predicted molar refractivity (Wildman–Crippen MR) is 118 cm³/mol. The molecule has 3 aromatic carbocycles. The molecule has 1 amide bonds. The Balaban J connectivity index is 1.36. The summed E-state index contributed by atoms with van der Waals surface area (Å²) in [6.07, 6.45) is 1.76. The normalized spacial score (nSPS) is 10.6. The van der Waals surface area contributed by atoms with E-state index in [2.05, 4.69) is 10.4 Å². The van der Waals surface area contributed by atoms with Crippen molar-refractivity contribution in [3.63, 3.8) is 0 Å². The summed E-state index contributed by atoms with van der Waals surface area (Å²) in [5.74, 6) is 0.596. The van der Waals surface area contributed by atoms with Crippen molar-refractivity contribution in [3.05, 3.63) is 113 Å². The zero-order valence-corrected chi connectivity index (χ0v) is 17.2. The molecule has 4 rings (SSSR count). The van der Waals surface area contributed by atoms with E-state index in [1.54, 1.807) is 65.5 Å². The Morgan fingerprint density at radius 1 is 1.00 bits per heavy atom. The highest BCUT2D eigenvalue weighted by Gasteiger charge is 2.09. The smallest absolute Gasteiger partial charge is 0.256 e. The number of halogens is 2.